The smallest absolute Gasteiger partial charge is 0.233 e. The predicted molar refractivity (Wildman–Crippen MR) is 133 cm³/mol. The summed E-state index contributed by atoms with van der Waals surface area (Å²) in [6.07, 6.45) is 2.01. The van der Waals surface area contributed by atoms with E-state index in [2.05, 4.69) is 7.05 Å². The number of rotatable bonds is 9. The second-order valence-electron chi connectivity index (χ2n) is 9.30. The number of hydrogen-bond acceptors (Lipinski definition) is 2. The van der Waals surface area contributed by atoms with Crippen molar-refractivity contribution >= 4 is 17.7 Å². The molecule has 3 aromatic carbocycles. The molecule has 2 atom stereocenters. The van der Waals surface area contributed by atoms with E-state index in [4.69, 9.17) is 5.73 Å². The summed E-state index contributed by atoms with van der Waals surface area (Å²) in [5, 5.41) is 0. The zero-order valence-electron chi connectivity index (χ0n) is 19.1. The van der Waals surface area contributed by atoms with Crippen LogP contribution in [0.25, 0.3) is 0 Å². The Morgan fingerprint density at radius 2 is 1.58 bits per heavy atom. The van der Waals surface area contributed by atoms with Crippen molar-refractivity contribution in [1.29, 1.82) is 0 Å². The molecule has 1 unspecified atom stereocenters. The van der Waals surface area contributed by atoms with Crippen LogP contribution in [0.1, 0.15) is 24.0 Å². The topological polar surface area (TPSA) is 43.1 Å². The number of quaternary nitrogens is 1. The van der Waals surface area contributed by atoms with Gasteiger partial charge in [-0.05, 0) is 35.4 Å². The maximum Gasteiger partial charge on any atom is 0.233 e. The summed E-state index contributed by atoms with van der Waals surface area (Å²) in [5.74, 6) is 0.651. The van der Waals surface area contributed by atoms with Crippen molar-refractivity contribution in [3.05, 3.63) is 102 Å². The molecule has 1 aliphatic heterocycles. The van der Waals surface area contributed by atoms with Gasteiger partial charge in [-0.3, -0.25) is 4.79 Å². The first-order valence-electron chi connectivity index (χ1n) is 11.6. The van der Waals surface area contributed by atoms with E-state index in [9.17, 15) is 9.18 Å². The fourth-order valence-corrected chi connectivity index (χ4v) is 6.27. The number of halogens is 1. The standard InChI is InChI=1S/C28H31FN2OS/c1-31(18-8-20-33-26-15-13-25(29)14-16-26)19-17-24(21-31)28(27(30)32,22-9-4-2-5-10-22)23-11-6-3-7-12-23/h2-7,9-16,24H,8,17-21H2,1H3,(H-,30,32)/p+1/t24?,31-/m1/s1. The highest BCUT2D eigenvalue weighted by Gasteiger charge is 2.53. The van der Waals surface area contributed by atoms with Gasteiger partial charge in [-0.15, -0.1) is 11.8 Å². The van der Waals surface area contributed by atoms with E-state index < -0.39 is 5.41 Å². The zero-order valence-corrected chi connectivity index (χ0v) is 19.9. The summed E-state index contributed by atoms with van der Waals surface area (Å²) in [5.41, 5.74) is 7.35. The lowest BCUT2D eigenvalue weighted by Crippen LogP contribution is -2.51. The van der Waals surface area contributed by atoms with Crippen LogP contribution in [0.5, 0.6) is 0 Å². The van der Waals surface area contributed by atoms with Crippen molar-refractivity contribution in [2.45, 2.75) is 23.2 Å². The first-order valence-corrected chi connectivity index (χ1v) is 12.6. The highest BCUT2D eigenvalue weighted by Crippen LogP contribution is 2.45. The highest BCUT2D eigenvalue weighted by atomic mass is 32.2. The van der Waals surface area contributed by atoms with Crippen molar-refractivity contribution in [3.63, 3.8) is 0 Å². The van der Waals surface area contributed by atoms with Gasteiger partial charge in [0.25, 0.3) is 0 Å². The second kappa shape index (κ2) is 10.1. The maximum atomic E-state index is 13.2. The minimum Gasteiger partial charge on any atom is -0.369 e. The number of benzene rings is 3. The number of hydrogen-bond donors (Lipinski definition) is 1. The Hall–Kier alpha value is -2.63. The molecule has 1 fully saturated rings. The first-order chi connectivity index (χ1) is 15.9. The van der Waals surface area contributed by atoms with Gasteiger partial charge in [0.05, 0.1) is 26.7 Å². The molecule has 3 nitrogen and oxygen atoms in total. The number of thioether (sulfide) groups is 1. The van der Waals surface area contributed by atoms with E-state index in [1.165, 1.54) is 12.1 Å². The SMILES string of the molecule is C[N@@+]1(CCCSc2ccc(F)cc2)CCC(C(C(N)=O)(c2ccccc2)c2ccccc2)C1. The van der Waals surface area contributed by atoms with E-state index in [-0.39, 0.29) is 17.6 Å². The lowest BCUT2D eigenvalue weighted by Gasteiger charge is -2.38. The minimum absolute atomic E-state index is 0.134. The Morgan fingerprint density at radius 1 is 1.00 bits per heavy atom. The third kappa shape index (κ3) is 4.99. The first kappa shape index (κ1) is 23.5. The second-order valence-corrected chi connectivity index (χ2v) is 10.5. The summed E-state index contributed by atoms with van der Waals surface area (Å²) < 4.78 is 14.1. The van der Waals surface area contributed by atoms with Gasteiger partial charge in [0.1, 0.15) is 11.2 Å². The van der Waals surface area contributed by atoms with Crippen LogP contribution in [0.15, 0.2) is 89.8 Å². The molecule has 1 amide bonds. The summed E-state index contributed by atoms with van der Waals surface area (Å²) >= 11 is 1.77. The van der Waals surface area contributed by atoms with Crippen molar-refractivity contribution in [1.82, 2.24) is 0 Å². The predicted octanol–water partition coefficient (Wildman–Crippen LogP) is 5.25. The lowest BCUT2D eigenvalue weighted by atomic mass is 9.64. The molecule has 33 heavy (non-hydrogen) atoms. The highest BCUT2D eigenvalue weighted by molar-refractivity contribution is 7.99. The van der Waals surface area contributed by atoms with Crippen molar-refractivity contribution in [3.8, 4) is 0 Å². The van der Waals surface area contributed by atoms with Crippen LogP contribution >= 0.6 is 11.8 Å². The average Bonchev–Trinajstić information content (AvgIpc) is 3.22. The molecule has 0 bridgehead atoms. The van der Waals surface area contributed by atoms with Crippen LogP contribution in [0.2, 0.25) is 0 Å². The molecule has 0 radical (unpaired) electrons. The molecule has 0 saturated carbocycles. The van der Waals surface area contributed by atoms with Gasteiger partial charge >= 0.3 is 0 Å². The Labute approximate surface area is 200 Å². The van der Waals surface area contributed by atoms with Gasteiger partial charge in [-0.25, -0.2) is 4.39 Å². The molecule has 1 aliphatic rings. The van der Waals surface area contributed by atoms with Crippen LogP contribution in [0.4, 0.5) is 4.39 Å². The molecule has 4 rings (SSSR count). The molecule has 1 saturated heterocycles. The van der Waals surface area contributed by atoms with Crippen molar-refractivity contribution < 1.29 is 13.7 Å². The van der Waals surface area contributed by atoms with Crippen molar-refractivity contribution in [2.75, 3.05) is 32.4 Å². The van der Waals surface area contributed by atoms with Crippen LogP contribution in [-0.2, 0) is 10.2 Å². The van der Waals surface area contributed by atoms with Crippen LogP contribution in [-0.4, -0.2) is 42.8 Å². The van der Waals surface area contributed by atoms with Gasteiger partial charge < -0.3 is 10.2 Å². The van der Waals surface area contributed by atoms with E-state index in [0.717, 1.165) is 58.7 Å². The van der Waals surface area contributed by atoms with E-state index in [1.807, 2.05) is 72.8 Å². The van der Waals surface area contributed by atoms with Gasteiger partial charge in [0.15, 0.2) is 0 Å². The maximum absolute atomic E-state index is 13.2. The third-order valence-corrected chi connectivity index (χ3v) is 8.16. The Balaban J connectivity index is 1.51. The summed E-state index contributed by atoms with van der Waals surface area (Å²) in [6, 6.07) is 26.8. The Kier molecular flexibility index (Phi) is 7.20. The van der Waals surface area contributed by atoms with Gasteiger partial charge in [-0.1, -0.05) is 60.7 Å². The van der Waals surface area contributed by atoms with E-state index in [0.29, 0.717) is 0 Å². The molecular formula is C28H32FN2OS+. The molecule has 5 heteroatoms. The molecule has 1 heterocycles. The van der Waals surface area contributed by atoms with E-state index >= 15 is 0 Å². The number of nitrogens with zero attached hydrogens (tertiary/aromatic N) is 1. The molecule has 3 aromatic rings. The molecule has 2 N–H and O–H groups in total. The Morgan fingerprint density at radius 3 is 2.12 bits per heavy atom. The van der Waals surface area contributed by atoms with Crippen molar-refractivity contribution in [2.24, 2.45) is 11.7 Å². The fraction of sp³-hybridized carbons (Fsp3) is 0.321. The number of carbonyl (C=O) groups is 1. The molecule has 0 aliphatic carbocycles. The number of amides is 1. The number of primary amides is 1. The third-order valence-electron chi connectivity index (χ3n) is 7.06. The molecule has 0 spiro atoms. The number of carbonyl (C=O) groups excluding carboxylic acids is 1. The quantitative estimate of drug-likeness (QED) is 0.268. The molecule has 172 valence electrons. The molecular weight excluding hydrogens is 431 g/mol. The van der Waals surface area contributed by atoms with Gasteiger partial charge in [0, 0.05) is 29.4 Å². The van der Waals surface area contributed by atoms with Crippen LogP contribution in [0, 0.1) is 11.7 Å². The summed E-state index contributed by atoms with van der Waals surface area (Å²) in [6.45, 7) is 2.98. The Bertz CT molecular complexity index is 1020. The van der Waals surface area contributed by atoms with Crippen LogP contribution < -0.4 is 5.73 Å². The monoisotopic (exact) mass is 463 g/mol. The average molecular weight is 464 g/mol. The fourth-order valence-electron chi connectivity index (χ4n) is 5.43. The van der Waals surface area contributed by atoms with E-state index in [1.54, 1.807) is 11.8 Å². The minimum atomic E-state index is -0.832. The summed E-state index contributed by atoms with van der Waals surface area (Å²) in [4.78, 5) is 14.3. The largest absolute Gasteiger partial charge is 0.369 e. The lowest BCUT2D eigenvalue weighted by molar-refractivity contribution is -0.899. The number of likely N-dealkylation sites (tertiary alicyclic amines) is 1. The zero-order chi connectivity index (χ0) is 23.3. The molecule has 0 aromatic heterocycles. The summed E-state index contributed by atoms with van der Waals surface area (Å²) in [7, 11) is 2.30. The number of nitrogens with two attached hydrogens (primary N) is 1. The normalized spacial score (nSPS) is 20.6. The van der Waals surface area contributed by atoms with Crippen LogP contribution in [0.3, 0.4) is 0 Å². The van der Waals surface area contributed by atoms with Gasteiger partial charge in [-0.2, -0.15) is 0 Å². The van der Waals surface area contributed by atoms with Gasteiger partial charge in [0.2, 0.25) is 5.91 Å².